The van der Waals surface area contributed by atoms with Crippen LogP contribution in [0.15, 0.2) is 54.9 Å². The minimum atomic E-state index is 0.481. The predicted molar refractivity (Wildman–Crippen MR) is 113 cm³/mol. The van der Waals surface area contributed by atoms with Crippen molar-refractivity contribution in [1.29, 1.82) is 0 Å². The summed E-state index contributed by atoms with van der Waals surface area (Å²) < 4.78 is 0. The molecule has 3 aromatic rings. The molecule has 2 fully saturated rings. The minimum Gasteiger partial charge on any atom is -0.355 e. The molecular weight excluding hydrogens is 344 g/mol. The Morgan fingerprint density at radius 3 is 2.43 bits per heavy atom. The Kier molecular flexibility index (Phi) is 4.26. The molecule has 4 nitrogen and oxygen atoms in total. The Bertz CT molecular complexity index is 1050. The SMILES string of the molecule is CN1CCC2(CC1)CN(c1ncnc3ccc(C#Cc4ccccc4)cc13)C2. The number of rotatable bonds is 1. The summed E-state index contributed by atoms with van der Waals surface area (Å²) in [7, 11) is 2.22. The molecule has 0 bridgehead atoms. The second-order valence-electron chi connectivity index (χ2n) is 8.20. The zero-order chi connectivity index (χ0) is 19.0. The van der Waals surface area contributed by atoms with Crippen LogP contribution in [0.3, 0.4) is 0 Å². The fraction of sp³-hybridized carbons (Fsp3) is 0.333. The van der Waals surface area contributed by atoms with E-state index in [1.54, 1.807) is 6.33 Å². The lowest BCUT2D eigenvalue weighted by Gasteiger charge is -2.54. The van der Waals surface area contributed by atoms with Crippen molar-refractivity contribution in [3.05, 3.63) is 66.0 Å². The maximum absolute atomic E-state index is 4.64. The van der Waals surface area contributed by atoms with E-state index in [2.05, 4.69) is 50.8 Å². The van der Waals surface area contributed by atoms with E-state index >= 15 is 0 Å². The van der Waals surface area contributed by atoms with Gasteiger partial charge in [0.1, 0.15) is 12.1 Å². The smallest absolute Gasteiger partial charge is 0.139 e. The van der Waals surface area contributed by atoms with Crippen molar-refractivity contribution >= 4 is 16.7 Å². The van der Waals surface area contributed by atoms with Gasteiger partial charge in [0.15, 0.2) is 0 Å². The Morgan fingerprint density at radius 1 is 0.893 bits per heavy atom. The normalized spacial score (nSPS) is 18.5. The summed E-state index contributed by atoms with van der Waals surface area (Å²) in [5.41, 5.74) is 3.50. The van der Waals surface area contributed by atoms with Gasteiger partial charge in [0.2, 0.25) is 0 Å². The van der Waals surface area contributed by atoms with Crippen molar-refractivity contribution in [3.8, 4) is 11.8 Å². The lowest BCUT2D eigenvalue weighted by atomic mass is 9.72. The van der Waals surface area contributed by atoms with E-state index in [0.29, 0.717) is 5.41 Å². The number of likely N-dealkylation sites (tertiary alicyclic amines) is 1. The van der Waals surface area contributed by atoms with Crippen LogP contribution in [0.5, 0.6) is 0 Å². The lowest BCUT2D eigenvalue weighted by molar-refractivity contribution is 0.0902. The lowest BCUT2D eigenvalue weighted by Crippen LogP contribution is -2.60. The maximum atomic E-state index is 4.64. The summed E-state index contributed by atoms with van der Waals surface area (Å²) in [6.07, 6.45) is 4.26. The van der Waals surface area contributed by atoms with Crippen molar-refractivity contribution in [1.82, 2.24) is 14.9 Å². The van der Waals surface area contributed by atoms with Gasteiger partial charge in [0, 0.05) is 35.0 Å². The molecule has 0 radical (unpaired) electrons. The highest BCUT2D eigenvalue weighted by molar-refractivity contribution is 5.90. The van der Waals surface area contributed by atoms with E-state index in [4.69, 9.17) is 0 Å². The Labute approximate surface area is 166 Å². The van der Waals surface area contributed by atoms with Gasteiger partial charge in [-0.2, -0.15) is 0 Å². The fourth-order valence-electron chi connectivity index (χ4n) is 4.36. The molecule has 0 saturated carbocycles. The van der Waals surface area contributed by atoms with Crippen molar-refractivity contribution in [3.63, 3.8) is 0 Å². The van der Waals surface area contributed by atoms with Crippen molar-refractivity contribution in [2.45, 2.75) is 12.8 Å². The first-order valence-electron chi connectivity index (χ1n) is 9.96. The number of benzene rings is 2. The van der Waals surface area contributed by atoms with Crippen LogP contribution in [-0.4, -0.2) is 48.1 Å². The average molecular weight is 368 g/mol. The first kappa shape index (κ1) is 17.2. The summed E-state index contributed by atoms with van der Waals surface area (Å²) in [5.74, 6) is 7.58. The molecule has 140 valence electrons. The molecule has 1 spiro atoms. The summed E-state index contributed by atoms with van der Waals surface area (Å²) in [4.78, 5) is 14.0. The van der Waals surface area contributed by atoms with Gasteiger partial charge in [-0.25, -0.2) is 9.97 Å². The van der Waals surface area contributed by atoms with Gasteiger partial charge in [0.25, 0.3) is 0 Å². The van der Waals surface area contributed by atoms with Crippen LogP contribution < -0.4 is 4.90 Å². The number of aromatic nitrogens is 2. The molecule has 2 saturated heterocycles. The minimum absolute atomic E-state index is 0.481. The largest absolute Gasteiger partial charge is 0.355 e. The molecule has 3 heterocycles. The van der Waals surface area contributed by atoms with E-state index in [0.717, 1.165) is 40.9 Å². The van der Waals surface area contributed by atoms with Crippen LogP contribution in [0.25, 0.3) is 10.9 Å². The van der Waals surface area contributed by atoms with Gasteiger partial charge in [-0.1, -0.05) is 30.0 Å². The van der Waals surface area contributed by atoms with Gasteiger partial charge in [-0.15, -0.1) is 0 Å². The molecule has 0 atom stereocenters. The molecule has 1 aromatic heterocycles. The molecule has 2 aliphatic heterocycles. The second-order valence-corrected chi connectivity index (χ2v) is 8.20. The average Bonchev–Trinajstić information content (AvgIpc) is 2.72. The van der Waals surface area contributed by atoms with Crippen LogP contribution in [0, 0.1) is 17.3 Å². The predicted octanol–water partition coefficient (Wildman–Crippen LogP) is 3.56. The highest BCUT2D eigenvalue weighted by Gasteiger charge is 2.45. The van der Waals surface area contributed by atoms with Gasteiger partial charge in [0.05, 0.1) is 5.52 Å². The first-order valence-corrected chi connectivity index (χ1v) is 9.96. The first-order chi connectivity index (χ1) is 13.7. The quantitative estimate of drug-likeness (QED) is 0.615. The molecule has 2 aliphatic rings. The third kappa shape index (κ3) is 3.23. The number of hydrogen-bond acceptors (Lipinski definition) is 4. The highest BCUT2D eigenvalue weighted by atomic mass is 15.3. The van der Waals surface area contributed by atoms with Crippen molar-refractivity contribution < 1.29 is 0 Å². The Hall–Kier alpha value is -2.90. The van der Waals surface area contributed by atoms with E-state index in [1.165, 1.54) is 25.9 Å². The van der Waals surface area contributed by atoms with Crippen molar-refractivity contribution in [2.75, 3.05) is 38.1 Å². The molecule has 0 unspecified atom stereocenters. The van der Waals surface area contributed by atoms with Gasteiger partial charge in [-0.3, -0.25) is 0 Å². The molecule has 0 N–H and O–H groups in total. The molecule has 0 amide bonds. The summed E-state index contributed by atoms with van der Waals surface area (Å²) in [5, 5.41) is 1.10. The summed E-state index contributed by atoms with van der Waals surface area (Å²) in [6.45, 7) is 4.62. The van der Waals surface area contributed by atoms with Crippen LogP contribution >= 0.6 is 0 Å². The van der Waals surface area contributed by atoms with Gasteiger partial charge in [-0.05, 0) is 63.3 Å². The number of hydrogen-bond donors (Lipinski definition) is 0. The number of anilines is 1. The third-order valence-electron chi connectivity index (χ3n) is 6.14. The molecule has 5 rings (SSSR count). The van der Waals surface area contributed by atoms with Crippen molar-refractivity contribution in [2.24, 2.45) is 5.41 Å². The fourth-order valence-corrected chi connectivity index (χ4v) is 4.36. The van der Waals surface area contributed by atoms with Gasteiger partial charge >= 0.3 is 0 Å². The summed E-state index contributed by atoms with van der Waals surface area (Å²) >= 11 is 0. The molecule has 2 aromatic carbocycles. The van der Waals surface area contributed by atoms with E-state index in [1.807, 2.05) is 36.4 Å². The molecule has 0 aliphatic carbocycles. The molecule has 4 heteroatoms. The zero-order valence-electron chi connectivity index (χ0n) is 16.2. The zero-order valence-corrected chi connectivity index (χ0v) is 16.2. The topological polar surface area (TPSA) is 32.3 Å². The standard InChI is InChI=1S/C24H24N4/c1-27-13-11-24(12-14-27)16-28(17-24)23-21-15-20(9-10-22(21)25-18-26-23)8-7-19-5-3-2-4-6-19/h2-6,9-10,15,18H,11-14,16-17H2,1H3. The Balaban J connectivity index is 1.42. The van der Waals surface area contributed by atoms with E-state index in [-0.39, 0.29) is 0 Å². The summed E-state index contributed by atoms with van der Waals surface area (Å²) in [6, 6.07) is 16.3. The van der Waals surface area contributed by atoms with Gasteiger partial charge < -0.3 is 9.80 Å². The third-order valence-corrected chi connectivity index (χ3v) is 6.14. The number of nitrogens with zero attached hydrogens (tertiary/aromatic N) is 4. The number of fused-ring (bicyclic) bond motifs is 1. The number of piperidine rings is 1. The van der Waals surface area contributed by atoms with Crippen LogP contribution in [0.1, 0.15) is 24.0 Å². The Morgan fingerprint density at radius 2 is 1.64 bits per heavy atom. The molecule has 28 heavy (non-hydrogen) atoms. The molecular formula is C24H24N4. The monoisotopic (exact) mass is 368 g/mol. The second kappa shape index (κ2) is 6.92. The highest BCUT2D eigenvalue weighted by Crippen LogP contribution is 2.43. The van der Waals surface area contributed by atoms with Crippen LogP contribution in [0.4, 0.5) is 5.82 Å². The van der Waals surface area contributed by atoms with Crippen LogP contribution in [-0.2, 0) is 0 Å². The van der Waals surface area contributed by atoms with E-state index < -0.39 is 0 Å². The maximum Gasteiger partial charge on any atom is 0.139 e. The van der Waals surface area contributed by atoms with Crippen LogP contribution in [0.2, 0.25) is 0 Å². The van der Waals surface area contributed by atoms with E-state index in [9.17, 15) is 0 Å².